The highest BCUT2D eigenvalue weighted by Gasteiger charge is 2.15. The van der Waals surface area contributed by atoms with Crippen LogP contribution in [-0.2, 0) is 17.8 Å². The van der Waals surface area contributed by atoms with Crippen LogP contribution < -0.4 is 10.2 Å². The molecule has 3 aromatic rings. The van der Waals surface area contributed by atoms with Gasteiger partial charge in [-0.25, -0.2) is 4.79 Å². The molecule has 29 heavy (non-hydrogen) atoms. The number of thiazole rings is 1. The van der Waals surface area contributed by atoms with Crippen molar-refractivity contribution in [1.82, 2.24) is 9.88 Å². The summed E-state index contributed by atoms with van der Waals surface area (Å²) in [5, 5.41) is 22.3. The first-order valence-corrected chi connectivity index (χ1v) is 10.6. The van der Waals surface area contributed by atoms with E-state index in [1.54, 1.807) is 30.3 Å². The van der Waals surface area contributed by atoms with Gasteiger partial charge in [-0.2, -0.15) is 0 Å². The second-order valence-electron chi connectivity index (χ2n) is 6.30. The topological polar surface area (TPSA) is 123 Å². The summed E-state index contributed by atoms with van der Waals surface area (Å²) in [5.74, 6) is -0.179. The molecule has 4 N–H and O–H groups in total. The molecule has 2 aromatic carbocycles. The van der Waals surface area contributed by atoms with E-state index in [4.69, 9.17) is 0 Å². The number of aromatic amines is 1. The molecule has 10 heteroatoms. The molecule has 0 fully saturated rings. The second kappa shape index (κ2) is 9.10. The molecule has 152 valence electrons. The number of H-pyrrole nitrogens is 1. The number of fused-ring (bicyclic) bond motifs is 1. The minimum Gasteiger partial charge on any atom is -0.506 e. The third-order valence-electron chi connectivity index (χ3n) is 4.29. The average molecular weight is 480 g/mol. The van der Waals surface area contributed by atoms with Crippen molar-refractivity contribution < 1.29 is 19.8 Å². The Bertz CT molecular complexity index is 1090. The average Bonchev–Trinajstić information content (AvgIpc) is 3.10. The van der Waals surface area contributed by atoms with E-state index in [9.17, 15) is 24.6 Å². The standard InChI is InChI=1S/C19H18BrN3O5S/c20-9-15(25)21-13-4-1-11(2-5-13)10-23(19(27)28)8-7-12-3-6-14(24)16-17(12)29-18(26)22-16/h1-6,24H,7-10H2,(H,21,25)(H,22,26)(H,27,28). The molecule has 0 aliphatic carbocycles. The summed E-state index contributed by atoms with van der Waals surface area (Å²) in [7, 11) is 0. The lowest BCUT2D eigenvalue weighted by Gasteiger charge is -2.19. The number of nitrogens with zero attached hydrogens (tertiary/aromatic N) is 1. The molecule has 0 atom stereocenters. The van der Waals surface area contributed by atoms with Gasteiger partial charge < -0.3 is 25.4 Å². The van der Waals surface area contributed by atoms with Crippen molar-refractivity contribution in [2.75, 3.05) is 17.2 Å². The maximum atomic E-state index is 11.7. The van der Waals surface area contributed by atoms with Crippen molar-refractivity contribution in [1.29, 1.82) is 0 Å². The Balaban J connectivity index is 1.70. The summed E-state index contributed by atoms with van der Waals surface area (Å²) < 4.78 is 0.632. The number of carboxylic acid groups (broad SMARTS) is 1. The van der Waals surface area contributed by atoms with Crippen LogP contribution in [0.1, 0.15) is 11.1 Å². The highest BCUT2D eigenvalue weighted by molar-refractivity contribution is 9.09. The number of phenols is 1. The van der Waals surface area contributed by atoms with Crippen LogP contribution in [0.25, 0.3) is 10.2 Å². The van der Waals surface area contributed by atoms with E-state index in [1.165, 1.54) is 11.0 Å². The van der Waals surface area contributed by atoms with Crippen LogP contribution in [0.15, 0.2) is 41.2 Å². The van der Waals surface area contributed by atoms with Crippen LogP contribution in [0.2, 0.25) is 0 Å². The van der Waals surface area contributed by atoms with Gasteiger partial charge in [0.2, 0.25) is 5.91 Å². The number of hydrogen-bond donors (Lipinski definition) is 4. The van der Waals surface area contributed by atoms with Gasteiger partial charge in [-0.1, -0.05) is 45.5 Å². The number of aromatic nitrogens is 1. The number of hydrogen-bond acceptors (Lipinski definition) is 5. The predicted octanol–water partition coefficient (Wildman–Crippen LogP) is 3.35. The number of phenolic OH excluding ortho intramolecular Hbond substituents is 1. The summed E-state index contributed by atoms with van der Waals surface area (Å²) in [6.07, 6.45) is -0.657. The zero-order valence-electron chi connectivity index (χ0n) is 15.1. The molecular formula is C19H18BrN3O5S. The van der Waals surface area contributed by atoms with Crippen LogP contribution in [0.3, 0.4) is 0 Å². The Morgan fingerprint density at radius 2 is 1.90 bits per heavy atom. The third-order valence-corrected chi connectivity index (χ3v) is 5.76. The van der Waals surface area contributed by atoms with Crippen molar-refractivity contribution in [3.63, 3.8) is 0 Å². The normalized spacial score (nSPS) is 10.8. The van der Waals surface area contributed by atoms with E-state index in [0.717, 1.165) is 22.5 Å². The molecule has 0 spiro atoms. The molecule has 1 heterocycles. The summed E-state index contributed by atoms with van der Waals surface area (Å²) in [5.41, 5.74) is 2.58. The fourth-order valence-corrected chi connectivity index (χ4v) is 3.91. The summed E-state index contributed by atoms with van der Waals surface area (Å²) >= 11 is 4.07. The van der Waals surface area contributed by atoms with E-state index >= 15 is 0 Å². The van der Waals surface area contributed by atoms with E-state index in [1.807, 2.05) is 0 Å². The molecule has 0 radical (unpaired) electrons. The Morgan fingerprint density at radius 1 is 1.17 bits per heavy atom. The number of halogens is 1. The van der Waals surface area contributed by atoms with Crippen molar-refractivity contribution >= 4 is 55.2 Å². The Kier molecular flexibility index (Phi) is 6.55. The van der Waals surface area contributed by atoms with Gasteiger partial charge in [-0.15, -0.1) is 0 Å². The van der Waals surface area contributed by atoms with Crippen LogP contribution >= 0.6 is 27.3 Å². The number of anilines is 1. The van der Waals surface area contributed by atoms with Gasteiger partial charge in [-0.3, -0.25) is 9.59 Å². The zero-order chi connectivity index (χ0) is 21.0. The maximum absolute atomic E-state index is 11.7. The number of aromatic hydroxyl groups is 1. The van der Waals surface area contributed by atoms with Crippen molar-refractivity contribution in [3.05, 3.63) is 57.2 Å². The molecule has 1 aromatic heterocycles. The van der Waals surface area contributed by atoms with Gasteiger partial charge in [-0.05, 0) is 35.7 Å². The van der Waals surface area contributed by atoms with Gasteiger partial charge in [0.05, 0.1) is 10.0 Å². The Labute approximate surface area is 177 Å². The number of alkyl halides is 1. The SMILES string of the molecule is O=C(CBr)Nc1ccc(CN(CCc2ccc(O)c3[nH]c(=O)sc23)C(=O)O)cc1. The summed E-state index contributed by atoms with van der Waals surface area (Å²) in [6.45, 7) is 0.413. The summed E-state index contributed by atoms with van der Waals surface area (Å²) in [6, 6.07) is 10.1. The van der Waals surface area contributed by atoms with Crippen molar-refractivity contribution in [2.45, 2.75) is 13.0 Å². The smallest absolute Gasteiger partial charge is 0.407 e. The second-order valence-corrected chi connectivity index (χ2v) is 7.84. The monoisotopic (exact) mass is 479 g/mol. The van der Waals surface area contributed by atoms with Gasteiger partial charge >= 0.3 is 11.0 Å². The first kappa shape index (κ1) is 20.9. The Hall–Kier alpha value is -2.85. The number of benzene rings is 2. The number of nitrogens with one attached hydrogen (secondary N) is 2. The lowest BCUT2D eigenvalue weighted by atomic mass is 10.1. The third kappa shape index (κ3) is 5.15. The fourth-order valence-electron chi connectivity index (χ4n) is 2.88. The quantitative estimate of drug-likeness (QED) is 0.387. The van der Waals surface area contributed by atoms with Gasteiger partial charge in [0, 0.05) is 18.8 Å². The van der Waals surface area contributed by atoms with E-state index in [-0.39, 0.29) is 34.9 Å². The van der Waals surface area contributed by atoms with E-state index < -0.39 is 6.09 Å². The van der Waals surface area contributed by atoms with Crippen LogP contribution in [0.5, 0.6) is 5.75 Å². The number of carbonyl (C=O) groups is 2. The van der Waals surface area contributed by atoms with Gasteiger partial charge in [0.25, 0.3) is 0 Å². The molecule has 8 nitrogen and oxygen atoms in total. The van der Waals surface area contributed by atoms with Crippen molar-refractivity contribution in [2.24, 2.45) is 0 Å². The molecule has 0 aliphatic heterocycles. The number of amides is 2. The zero-order valence-corrected chi connectivity index (χ0v) is 17.5. The first-order chi connectivity index (χ1) is 13.9. The minimum atomic E-state index is -1.06. The summed E-state index contributed by atoms with van der Waals surface area (Å²) in [4.78, 5) is 38.3. The molecule has 0 unspecified atom stereocenters. The fraction of sp³-hybridized carbons (Fsp3) is 0.211. The number of rotatable bonds is 7. The van der Waals surface area contributed by atoms with Crippen molar-refractivity contribution in [3.8, 4) is 5.75 Å². The lowest BCUT2D eigenvalue weighted by molar-refractivity contribution is -0.113. The van der Waals surface area contributed by atoms with Gasteiger partial charge in [0.1, 0.15) is 11.3 Å². The molecule has 2 amide bonds. The highest BCUT2D eigenvalue weighted by atomic mass is 79.9. The molecule has 0 aliphatic rings. The molecule has 0 bridgehead atoms. The minimum absolute atomic E-state index is 0.00993. The molecular weight excluding hydrogens is 462 g/mol. The molecule has 3 rings (SSSR count). The first-order valence-electron chi connectivity index (χ1n) is 8.63. The Morgan fingerprint density at radius 3 is 2.55 bits per heavy atom. The largest absolute Gasteiger partial charge is 0.506 e. The van der Waals surface area contributed by atoms with Gasteiger partial charge in [0.15, 0.2) is 0 Å². The van der Waals surface area contributed by atoms with Crippen LogP contribution in [0.4, 0.5) is 10.5 Å². The molecule has 0 saturated carbocycles. The maximum Gasteiger partial charge on any atom is 0.407 e. The number of carbonyl (C=O) groups excluding carboxylic acids is 1. The van der Waals surface area contributed by atoms with Crippen LogP contribution in [-0.4, -0.2) is 44.0 Å². The van der Waals surface area contributed by atoms with E-state index in [2.05, 4.69) is 26.2 Å². The lowest BCUT2D eigenvalue weighted by Crippen LogP contribution is -2.31. The predicted molar refractivity (Wildman–Crippen MR) is 115 cm³/mol. The highest BCUT2D eigenvalue weighted by Crippen LogP contribution is 2.28. The van der Waals surface area contributed by atoms with Crippen LogP contribution in [0, 0.1) is 0 Å². The molecule has 0 saturated heterocycles. The van der Waals surface area contributed by atoms with E-state index in [0.29, 0.717) is 22.3 Å².